The standard InChI is InChI=1S/C86H128N14O19/c1-53-19-12-13-20-66-55(3)43-58(6)77(79(111-11)78(104)59(7)44-56(4)70(109-9)49-71(57(5)45-61-25-28-68(101)72(47-61)110-10)117-84(107)67-21-14-16-32-98(67)83(106)80(105)86(108)60(8)24-27-64(119-86)46-54(53)2)100(66)116-51-63-50-97(96-94-63)34-36-113-38-40-115-42-41-114-39-37-112-35-31-90-74(103)23-18-22-73(102)89-30-15-17-33-99-82-75(81(87)91-52-92-82)76(95-99)62-26-29-69-65(48-62)93-85(88)118-69/h12-13,19-20,26,29,44,48,50,52,54-58,60-61,64,67-68,70-72,78-79,101,104,108H,14-18,21-25,27-28,30-43,45-47,49,51H2,1-11H3,(H5-,87,88,89,90,91,92,93,95,102,103)/p+1/b13-12+,53-19+,59-44+,66-20-/t54-,55-,56+,57+,58+,60+,61-,64-,67-,68+,70+,71-,72+,78+,79-,86+/m0/s1. The molecule has 4 aromatic heterocycles. The number of carbonyl (C=O) groups excluding carboxylic acids is 5. The maximum atomic E-state index is 14.9. The fraction of sp³-hybridized carbons (Fsp3) is 0.674. The van der Waals surface area contributed by atoms with Gasteiger partial charge < -0.3 is 89.4 Å². The second kappa shape index (κ2) is 45.4. The number of ether oxygens (including phenoxy) is 9. The number of nitrogens with one attached hydrogen (secondary N) is 2. The number of aliphatic hydroxyl groups is 3. The molecular formula is C86H129N14O19+. The molecule has 33 heteroatoms. The Labute approximate surface area is 697 Å². The van der Waals surface area contributed by atoms with Crippen LogP contribution in [-0.4, -0.2) is 248 Å². The number of Topliss-reactive ketones (excluding diaryl/α,β-unsaturated/α-hetero) is 1. The molecule has 1 saturated carbocycles. The van der Waals surface area contributed by atoms with Crippen LogP contribution in [0.4, 0.5) is 11.8 Å². The van der Waals surface area contributed by atoms with Crippen LogP contribution < -0.4 is 22.1 Å². The van der Waals surface area contributed by atoms with E-state index >= 15 is 0 Å². The van der Waals surface area contributed by atoms with Crippen LogP contribution in [0.5, 0.6) is 0 Å². The molecule has 2 saturated heterocycles. The Balaban J connectivity index is 0.670. The fourth-order valence-electron chi connectivity index (χ4n) is 16.9. The Bertz CT molecular complexity index is 4310. The number of cyclic esters (lactones) is 1. The lowest BCUT2D eigenvalue weighted by Crippen LogP contribution is -2.60. The van der Waals surface area contributed by atoms with E-state index in [0.29, 0.717) is 207 Å². The van der Waals surface area contributed by atoms with Crippen LogP contribution in [0, 0.1) is 41.4 Å². The van der Waals surface area contributed by atoms with Gasteiger partial charge >= 0.3 is 5.97 Å². The average molecular weight is 1660 g/mol. The molecule has 33 nitrogen and oxygen atoms in total. The summed E-state index contributed by atoms with van der Waals surface area (Å²) in [6.45, 7) is 20.6. The Morgan fingerprint density at radius 1 is 0.756 bits per heavy atom. The lowest BCUT2D eigenvalue weighted by Gasteiger charge is -2.42. The number of hydroxylamine groups is 1. The fourth-order valence-corrected chi connectivity index (χ4v) is 16.9. The number of anilines is 2. The third kappa shape index (κ3) is 25.3. The minimum absolute atomic E-state index is 0.0138. The highest BCUT2D eigenvalue weighted by atomic mass is 16.7. The van der Waals surface area contributed by atoms with E-state index in [1.165, 1.54) is 11.2 Å². The summed E-state index contributed by atoms with van der Waals surface area (Å²) in [5, 5.41) is 55.7. The number of amides is 3. The Morgan fingerprint density at radius 2 is 1.47 bits per heavy atom. The average Bonchev–Trinajstić information content (AvgIpc) is 1.36. The van der Waals surface area contributed by atoms with Crippen molar-refractivity contribution in [3.05, 3.63) is 83.6 Å². The number of allylic oxidation sites excluding steroid dienone is 6. The number of oxazole rings is 1. The molecule has 16 atom stereocenters. The minimum Gasteiger partial charge on any atom is -0.460 e. The van der Waals surface area contributed by atoms with Crippen molar-refractivity contribution in [2.75, 3.05) is 105 Å². The number of unbranched alkanes of at least 4 members (excludes halogenated alkanes) is 1. The molecule has 9 N–H and O–H groups in total. The first-order valence-electron chi connectivity index (χ1n) is 42.6. The van der Waals surface area contributed by atoms with Crippen LogP contribution in [0.2, 0.25) is 0 Å². The molecule has 4 aliphatic heterocycles. The topological polar surface area (TPSA) is 421 Å². The molecule has 3 fully saturated rings. The molecule has 8 heterocycles. The first-order chi connectivity index (χ1) is 57.3. The summed E-state index contributed by atoms with van der Waals surface area (Å²) in [4.78, 5) is 90.0. The number of fused-ring (bicyclic) bond motifs is 6. The number of aliphatic hydroxyl groups excluding tert-OH is 2. The number of hydrogen-bond donors (Lipinski definition) is 7. The van der Waals surface area contributed by atoms with E-state index in [9.17, 15) is 39.3 Å². The summed E-state index contributed by atoms with van der Waals surface area (Å²) in [5.74, 6) is -6.37. The number of rotatable bonds is 34. The van der Waals surface area contributed by atoms with Crippen molar-refractivity contribution >= 4 is 69.2 Å². The summed E-state index contributed by atoms with van der Waals surface area (Å²) < 4.78 is 64.9. The van der Waals surface area contributed by atoms with Gasteiger partial charge in [0.15, 0.2) is 17.3 Å². The molecule has 119 heavy (non-hydrogen) atoms. The van der Waals surface area contributed by atoms with E-state index < -0.39 is 72.0 Å². The second-order valence-electron chi connectivity index (χ2n) is 32.8. The highest BCUT2D eigenvalue weighted by Gasteiger charge is 2.53. The first-order valence-corrected chi connectivity index (χ1v) is 42.6. The van der Waals surface area contributed by atoms with Crippen LogP contribution in [-0.2, 0) is 91.1 Å². The van der Waals surface area contributed by atoms with Crippen LogP contribution in [0.15, 0.2) is 82.4 Å². The maximum Gasteiger partial charge on any atom is 0.329 e. The zero-order chi connectivity index (χ0) is 85.3. The van der Waals surface area contributed by atoms with E-state index in [4.69, 9.17) is 68.5 Å². The molecule has 5 aliphatic rings. The summed E-state index contributed by atoms with van der Waals surface area (Å²) in [7, 11) is 4.80. The molecule has 10 rings (SSSR count). The number of ketones is 1. The van der Waals surface area contributed by atoms with Crippen molar-refractivity contribution in [2.45, 2.75) is 239 Å². The number of nitrogens with zero attached hydrogens (tertiary/aromatic N) is 10. The van der Waals surface area contributed by atoms with Gasteiger partial charge in [0.1, 0.15) is 47.3 Å². The smallest absolute Gasteiger partial charge is 0.329 e. The van der Waals surface area contributed by atoms with Gasteiger partial charge in [-0.15, -0.1) is 5.10 Å². The molecule has 0 unspecified atom stereocenters. The molecule has 0 radical (unpaired) electrons. The molecular weight excluding hydrogens is 1530 g/mol. The molecule has 1 aromatic carbocycles. The molecule has 3 amide bonds. The lowest BCUT2D eigenvalue weighted by molar-refractivity contribution is -0.767. The predicted molar refractivity (Wildman–Crippen MR) is 443 cm³/mol. The van der Waals surface area contributed by atoms with Gasteiger partial charge in [-0.1, -0.05) is 76.6 Å². The Kier molecular flexibility index (Phi) is 35.4. The largest absolute Gasteiger partial charge is 0.460 e. The van der Waals surface area contributed by atoms with E-state index in [0.717, 1.165) is 23.3 Å². The second-order valence-corrected chi connectivity index (χ2v) is 32.8. The van der Waals surface area contributed by atoms with Crippen LogP contribution in [0.1, 0.15) is 170 Å². The van der Waals surface area contributed by atoms with Crippen molar-refractivity contribution in [1.82, 2.24) is 55.3 Å². The highest BCUT2D eigenvalue weighted by molar-refractivity contribution is 6.39. The molecule has 4 bridgehead atoms. The van der Waals surface area contributed by atoms with Gasteiger partial charge in [0.2, 0.25) is 35.6 Å². The van der Waals surface area contributed by atoms with Crippen molar-refractivity contribution < 1.29 is 95.9 Å². The van der Waals surface area contributed by atoms with Crippen molar-refractivity contribution in [2.24, 2.45) is 41.4 Å². The monoisotopic (exact) mass is 1660 g/mol. The van der Waals surface area contributed by atoms with Gasteiger partial charge in [-0.3, -0.25) is 24.0 Å². The number of piperidine rings is 1. The first kappa shape index (κ1) is 92.8. The molecule has 656 valence electrons. The number of esters is 1. The normalized spacial score (nSPS) is 28.6. The van der Waals surface area contributed by atoms with Crippen molar-refractivity contribution in [1.29, 1.82) is 0 Å². The zero-order valence-corrected chi connectivity index (χ0v) is 71.4. The van der Waals surface area contributed by atoms with Crippen molar-refractivity contribution in [3.63, 3.8) is 0 Å². The van der Waals surface area contributed by atoms with Gasteiger partial charge in [0.25, 0.3) is 17.7 Å². The molecule has 1 aliphatic carbocycles. The van der Waals surface area contributed by atoms with Crippen LogP contribution in [0.25, 0.3) is 33.4 Å². The maximum absolute atomic E-state index is 14.9. The SMILES string of the molecule is CO[C@@H]1C[C@@H]([C@H](C)C[C@@H]2CC[C@@H](O)[C@H](OC)C2)OC(=O)[C@@H]2CCCCN2C(=O)C(=O)[C@]2(O)O[C@@H](CC[C@H]2C)C[C@H](C)/C(C)=C/C=C/C=C2/[C@@H](C)C[C@@H](C)C(=[N+]2OCc2cn(CCOCCOCCOCCOCCNC(=O)CCCC(=O)NCCCCn3nc(-c4ccc5oc(N)nc5c4)c4c(N)ncnc43)nn2)[C@H](OC)[C@H](O)/C(C)=C/[C@H]1C. The Morgan fingerprint density at radius 3 is 2.20 bits per heavy atom. The lowest BCUT2D eigenvalue weighted by atomic mass is 9.78. The summed E-state index contributed by atoms with van der Waals surface area (Å²) in [6.07, 6.45) is 17.2. The highest BCUT2D eigenvalue weighted by Crippen LogP contribution is 2.40. The summed E-state index contributed by atoms with van der Waals surface area (Å²) in [5.41, 5.74) is 18.9. The third-order valence-corrected chi connectivity index (χ3v) is 24.0. The van der Waals surface area contributed by atoms with E-state index in [-0.39, 0.29) is 98.3 Å². The van der Waals surface area contributed by atoms with Crippen molar-refractivity contribution in [3.8, 4) is 11.3 Å². The Hall–Kier alpha value is -8.48. The number of nitrogens with two attached hydrogens (primary N) is 2. The van der Waals surface area contributed by atoms with E-state index in [1.54, 1.807) is 48.4 Å². The van der Waals surface area contributed by atoms with Gasteiger partial charge in [-0.2, -0.15) is 10.1 Å². The van der Waals surface area contributed by atoms with Gasteiger partial charge in [-0.25, -0.2) is 24.1 Å². The van der Waals surface area contributed by atoms with Gasteiger partial charge in [0.05, 0.1) is 95.4 Å². The molecule has 0 spiro atoms. The number of nitrogen functional groups attached to an aromatic ring is 2. The third-order valence-electron chi connectivity index (χ3n) is 24.0. The minimum atomic E-state index is -2.40. The number of methoxy groups -OCH3 is 3. The number of benzene rings is 1. The van der Waals surface area contributed by atoms with Gasteiger partial charge in [-0.05, 0) is 145 Å². The number of carbonyl (C=O) groups is 5. The summed E-state index contributed by atoms with van der Waals surface area (Å²) in [6, 6.07) is 4.46. The predicted octanol–water partition coefficient (Wildman–Crippen LogP) is 8.26. The molecule has 5 aromatic rings. The van der Waals surface area contributed by atoms with E-state index in [1.807, 2.05) is 76.4 Å². The van der Waals surface area contributed by atoms with Crippen LogP contribution >= 0.6 is 0 Å². The number of aromatic nitrogens is 8. The zero-order valence-electron chi connectivity index (χ0n) is 71.4. The van der Waals surface area contributed by atoms with E-state index in [2.05, 4.69) is 56.7 Å². The van der Waals surface area contributed by atoms with Gasteiger partial charge in [0, 0.05) is 107 Å². The quantitative estimate of drug-likeness (QED) is 0.00669. The number of aryl methyl sites for hydroxylation is 1. The van der Waals surface area contributed by atoms with Crippen LogP contribution in [0.3, 0.4) is 0 Å². The summed E-state index contributed by atoms with van der Waals surface area (Å²) >= 11 is 0. The number of hydrogen-bond acceptors (Lipinski definition) is 27.